The number of benzene rings is 1. The molecule has 0 saturated carbocycles. The topological polar surface area (TPSA) is 52.3 Å². The number of hydrogen-bond acceptors (Lipinski definition) is 4. The average molecular weight is 245 g/mol. The number of rotatable bonds is 3. The van der Waals surface area contributed by atoms with Gasteiger partial charge in [-0.25, -0.2) is 4.98 Å². The Labute approximate surface area is 106 Å². The standard InChI is InChI=1S/C14H15NO3/c1-9(14(16)17-3)12-10(2)18-13(15-12)11-7-5-4-6-8-11/h4-9H,1-3H3. The van der Waals surface area contributed by atoms with E-state index in [-0.39, 0.29) is 5.97 Å². The van der Waals surface area contributed by atoms with Crippen LogP contribution >= 0.6 is 0 Å². The molecule has 0 spiro atoms. The maximum atomic E-state index is 11.5. The summed E-state index contributed by atoms with van der Waals surface area (Å²) in [5.74, 6) is 0.438. The largest absolute Gasteiger partial charge is 0.469 e. The van der Waals surface area contributed by atoms with Crippen molar-refractivity contribution in [1.29, 1.82) is 0 Å². The van der Waals surface area contributed by atoms with Crippen molar-refractivity contribution in [2.45, 2.75) is 19.8 Å². The average Bonchev–Trinajstić information content (AvgIpc) is 2.80. The molecular weight excluding hydrogens is 230 g/mol. The van der Waals surface area contributed by atoms with Gasteiger partial charge in [0.05, 0.1) is 18.7 Å². The Morgan fingerprint density at radius 1 is 1.33 bits per heavy atom. The smallest absolute Gasteiger partial charge is 0.314 e. The van der Waals surface area contributed by atoms with Gasteiger partial charge in [0.1, 0.15) is 5.76 Å². The summed E-state index contributed by atoms with van der Waals surface area (Å²) in [7, 11) is 1.37. The summed E-state index contributed by atoms with van der Waals surface area (Å²) in [6.45, 7) is 3.56. The number of carbonyl (C=O) groups is 1. The number of aryl methyl sites for hydroxylation is 1. The molecule has 0 fully saturated rings. The van der Waals surface area contributed by atoms with E-state index in [1.54, 1.807) is 13.8 Å². The fourth-order valence-electron chi connectivity index (χ4n) is 1.80. The van der Waals surface area contributed by atoms with Gasteiger partial charge in [-0.05, 0) is 26.0 Å². The number of ether oxygens (including phenoxy) is 1. The predicted molar refractivity (Wildman–Crippen MR) is 67.1 cm³/mol. The molecule has 0 amide bonds. The maximum absolute atomic E-state index is 11.5. The highest BCUT2D eigenvalue weighted by Gasteiger charge is 2.23. The molecule has 0 aliphatic rings. The molecule has 1 unspecified atom stereocenters. The van der Waals surface area contributed by atoms with E-state index in [9.17, 15) is 4.79 Å². The van der Waals surface area contributed by atoms with Crippen LogP contribution in [0.5, 0.6) is 0 Å². The molecule has 0 aliphatic carbocycles. The fraction of sp³-hybridized carbons (Fsp3) is 0.286. The van der Waals surface area contributed by atoms with Gasteiger partial charge in [0.15, 0.2) is 0 Å². The number of nitrogens with zero attached hydrogens (tertiary/aromatic N) is 1. The molecule has 1 aromatic heterocycles. The van der Waals surface area contributed by atoms with Gasteiger partial charge in [0.25, 0.3) is 0 Å². The lowest BCUT2D eigenvalue weighted by Crippen LogP contribution is -2.12. The molecule has 4 nitrogen and oxygen atoms in total. The summed E-state index contributed by atoms with van der Waals surface area (Å²) < 4.78 is 10.3. The van der Waals surface area contributed by atoms with E-state index >= 15 is 0 Å². The summed E-state index contributed by atoms with van der Waals surface area (Å²) >= 11 is 0. The van der Waals surface area contributed by atoms with E-state index in [0.29, 0.717) is 17.3 Å². The Kier molecular flexibility index (Phi) is 3.46. The molecule has 2 aromatic rings. The summed E-state index contributed by atoms with van der Waals surface area (Å²) in [6.07, 6.45) is 0. The molecule has 0 radical (unpaired) electrons. The van der Waals surface area contributed by atoms with Gasteiger partial charge in [-0.15, -0.1) is 0 Å². The van der Waals surface area contributed by atoms with E-state index < -0.39 is 5.92 Å². The Hall–Kier alpha value is -2.10. The highest BCUT2D eigenvalue weighted by atomic mass is 16.5. The number of carbonyl (C=O) groups excluding carboxylic acids is 1. The zero-order chi connectivity index (χ0) is 13.1. The van der Waals surface area contributed by atoms with Crippen LogP contribution in [0.4, 0.5) is 0 Å². The van der Waals surface area contributed by atoms with Crippen molar-refractivity contribution in [2.24, 2.45) is 0 Å². The van der Waals surface area contributed by atoms with Crippen LogP contribution in [0, 0.1) is 6.92 Å². The lowest BCUT2D eigenvalue weighted by atomic mass is 10.1. The first-order valence-corrected chi connectivity index (χ1v) is 5.74. The lowest BCUT2D eigenvalue weighted by molar-refractivity contribution is -0.142. The Morgan fingerprint density at radius 3 is 2.61 bits per heavy atom. The highest BCUT2D eigenvalue weighted by molar-refractivity contribution is 5.77. The fourth-order valence-corrected chi connectivity index (χ4v) is 1.80. The van der Waals surface area contributed by atoms with E-state index in [4.69, 9.17) is 9.15 Å². The molecule has 1 atom stereocenters. The minimum atomic E-state index is -0.420. The summed E-state index contributed by atoms with van der Waals surface area (Å²) in [4.78, 5) is 15.9. The van der Waals surface area contributed by atoms with Gasteiger partial charge < -0.3 is 9.15 Å². The van der Waals surface area contributed by atoms with Crippen molar-refractivity contribution >= 4 is 5.97 Å². The molecule has 94 valence electrons. The molecule has 0 N–H and O–H groups in total. The van der Waals surface area contributed by atoms with Gasteiger partial charge in [0.2, 0.25) is 5.89 Å². The predicted octanol–water partition coefficient (Wildman–Crippen LogP) is 2.93. The van der Waals surface area contributed by atoms with Gasteiger partial charge >= 0.3 is 5.97 Å². The lowest BCUT2D eigenvalue weighted by Gasteiger charge is -2.05. The van der Waals surface area contributed by atoms with Crippen molar-refractivity contribution in [3.8, 4) is 11.5 Å². The first-order valence-electron chi connectivity index (χ1n) is 5.74. The zero-order valence-electron chi connectivity index (χ0n) is 10.6. The summed E-state index contributed by atoms with van der Waals surface area (Å²) in [6, 6.07) is 9.59. The molecule has 2 rings (SSSR count). The highest BCUT2D eigenvalue weighted by Crippen LogP contribution is 2.26. The first kappa shape index (κ1) is 12.4. The SMILES string of the molecule is COC(=O)C(C)c1nc(-c2ccccc2)oc1C. The number of methoxy groups -OCH3 is 1. The normalized spacial score (nSPS) is 12.2. The second-order valence-electron chi connectivity index (χ2n) is 4.07. The molecule has 0 aliphatic heterocycles. The number of esters is 1. The van der Waals surface area contributed by atoms with Crippen LogP contribution in [-0.4, -0.2) is 18.1 Å². The van der Waals surface area contributed by atoms with E-state index in [1.807, 2.05) is 30.3 Å². The minimum absolute atomic E-state index is 0.314. The van der Waals surface area contributed by atoms with Crippen LogP contribution in [0.25, 0.3) is 11.5 Å². The van der Waals surface area contributed by atoms with Gasteiger partial charge in [-0.3, -0.25) is 4.79 Å². The van der Waals surface area contributed by atoms with Crippen LogP contribution in [0.15, 0.2) is 34.7 Å². The zero-order valence-corrected chi connectivity index (χ0v) is 10.6. The van der Waals surface area contributed by atoms with Gasteiger partial charge in [-0.2, -0.15) is 0 Å². The summed E-state index contributed by atoms with van der Waals surface area (Å²) in [5, 5.41) is 0. The molecule has 4 heteroatoms. The van der Waals surface area contributed by atoms with Crippen molar-refractivity contribution in [2.75, 3.05) is 7.11 Å². The van der Waals surface area contributed by atoms with Crippen molar-refractivity contribution in [3.05, 3.63) is 41.8 Å². The van der Waals surface area contributed by atoms with Crippen molar-refractivity contribution in [1.82, 2.24) is 4.98 Å². The first-order chi connectivity index (χ1) is 8.63. The molecule has 0 bridgehead atoms. The monoisotopic (exact) mass is 245 g/mol. The van der Waals surface area contributed by atoms with E-state index in [0.717, 1.165) is 5.56 Å². The molecule has 0 saturated heterocycles. The Balaban J connectivity index is 2.36. The number of aromatic nitrogens is 1. The Bertz CT molecular complexity index is 545. The van der Waals surface area contributed by atoms with Crippen LogP contribution in [0.3, 0.4) is 0 Å². The van der Waals surface area contributed by atoms with Crippen LogP contribution in [-0.2, 0) is 9.53 Å². The van der Waals surface area contributed by atoms with Crippen LogP contribution < -0.4 is 0 Å². The van der Waals surface area contributed by atoms with Crippen molar-refractivity contribution < 1.29 is 13.9 Å². The number of oxazole rings is 1. The third-order valence-corrected chi connectivity index (χ3v) is 2.82. The molecule has 18 heavy (non-hydrogen) atoms. The third-order valence-electron chi connectivity index (χ3n) is 2.82. The Morgan fingerprint density at radius 2 is 2.00 bits per heavy atom. The van der Waals surface area contributed by atoms with Crippen molar-refractivity contribution in [3.63, 3.8) is 0 Å². The molecule has 1 heterocycles. The second kappa shape index (κ2) is 5.04. The van der Waals surface area contributed by atoms with Crippen LogP contribution in [0.2, 0.25) is 0 Å². The van der Waals surface area contributed by atoms with E-state index in [1.165, 1.54) is 7.11 Å². The minimum Gasteiger partial charge on any atom is -0.469 e. The molecular formula is C14H15NO3. The third kappa shape index (κ3) is 2.27. The maximum Gasteiger partial charge on any atom is 0.314 e. The quantitative estimate of drug-likeness (QED) is 0.780. The summed E-state index contributed by atoms with van der Waals surface area (Å²) in [5.41, 5.74) is 1.52. The second-order valence-corrected chi connectivity index (χ2v) is 4.07. The molecule has 1 aromatic carbocycles. The van der Waals surface area contributed by atoms with E-state index in [2.05, 4.69) is 4.98 Å². The van der Waals surface area contributed by atoms with Gasteiger partial charge in [-0.1, -0.05) is 18.2 Å². The van der Waals surface area contributed by atoms with Crippen LogP contribution in [0.1, 0.15) is 24.3 Å². The number of hydrogen-bond donors (Lipinski definition) is 0. The van der Waals surface area contributed by atoms with Gasteiger partial charge in [0, 0.05) is 5.56 Å².